The van der Waals surface area contributed by atoms with Crippen molar-refractivity contribution in [3.8, 4) is 0 Å². The summed E-state index contributed by atoms with van der Waals surface area (Å²) in [5.74, 6) is 0. The molecule has 0 radical (unpaired) electrons. The van der Waals surface area contributed by atoms with Crippen molar-refractivity contribution in [3.05, 3.63) is 16.2 Å². The fourth-order valence-electron chi connectivity index (χ4n) is 1.98. The third-order valence-electron chi connectivity index (χ3n) is 3.31. The Bertz CT molecular complexity index is 627. The Labute approximate surface area is 120 Å². The van der Waals surface area contributed by atoms with Crippen molar-refractivity contribution in [2.75, 3.05) is 18.8 Å². The van der Waals surface area contributed by atoms with Crippen LogP contribution in [0.15, 0.2) is 10.3 Å². The van der Waals surface area contributed by atoms with Gasteiger partial charge in [-0.25, -0.2) is 8.42 Å². The highest BCUT2D eigenvalue weighted by Crippen LogP contribution is 2.37. The SMILES string of the molecule is CC1(O)CCN(S(=O)(=O)c2cc([N+](=O)[O-])c(N)s2)CC1. The predicted octanol–water partition coefficient (Wildman–Crippen LogP) is 0.774. The highest BCUT2D eigenvalue weighted by molar-refractivity contribution is 7.91. The maximum Gasteiger partial charge on any atom is 0.304 e. The number of sulfonamides is 1. The van der Waals surface area contributed by atoms with E-state index in [0.29, 0.717) is 24.2 Å². The fraction of sp³-hybridized carbons (Fsp3) is 0.600. The van der Waals surface area contributed by atoms with E-state index in [1.54, 1.807) is 6.92 Å². The molecule has 1 aromatic rings. The van der Waals surface area contributed by atoms with Gasteiger partial charge in [-0.15, -0.1) is 0 Å². The summed E-state index contributed by atoms with van der Waals surface area (Å²) in [6.45, 7) is 2.02. The number of aliphatic hydroxyl groups is 1. The zero-order valence-corrected chi connectivity index (χ0v) is 12.4. The molecule has 0 aliphatic carbocycles. The van der Waals surface area contributed by atoms with Gasteiger partial charge in [0.25, 0.3) is 10.0 Å². The molecule has 0 spiro atoms. The van der Waals surface area contributed by atoms with E-state index in [4.69, 9.17) is 5.73 Å². The molecule has 8 nitrogen and oxygen atoms in total. The zero-order chi connectivity index (χ0) is 15.1. The fourth-order valence-corrected chi connectivity index (χ4v) is 4.79. The van der Waals surface area contributed by atoms with E-state index in [1.807, 2.05) is 0 Å². The van der Waals surface area contributed by atoms with Crippen LogP contribution in [0.5, 0.6) is 0 Å². The van der Waals surface area contributed by atoms with Gasteiger partial charge in [-0.1, -0.05) is 11.3 Å². The molecule has 2 heterocycles. The molecule has 1 aliphatic rings. The van der Waals surface area contributed by atoms with Crippen LogP contribution in [0.25, 0.3) is 0 Å². The monoisotopic (exact) mass is 321 g/mol. The molecule has 0 aromatic carbocycles. The molecule has 1 aliphatic heterocycles. The van der Waals surface area contributed by atoms with Crippen molar-refractivity contribution < 1.29 is 18.4 Å². The number of anilines is 1. The van der Waals surface area contributed by atoms with Crippen molar-refractivity contribution in [1.82, 2.24) is 4.31 Å². The molecule has 0 amide bonds. The first kappa shape index (κ1) is 15.2. The van der Waals surface area contributed by atoms with Gasteiger partial charge in [-0.3, -0.25) is 10.1 Å². The number of nitro groups is 1. The maximum atomic E-state index is 12.4. The number of thiophene rings is 1. The van der Waals surface area contributed by atoms with Gasteiger partial charge in [-0.2, -0.15) is 4.31 Å². The van der Waals surface area contributed by atoms with Crippen LogP contribution in [0.3, 0.4) is 0 Å². The maximum absolute atomic E-state index is 12.4. The smallest absolute Gasteiger partial charge is 0.304 e. The lowest BCUT2D eigenvalue weighted by molar-refractivity contribution is -0.383. The van der Waals surface area contributed by atoms with Gasteiger partial charge in [0.2, 0.25) is 0 Å². The Morgan fingerprint density at radius 1 is 1.50 bits per heavy atom. The average molecular weight is 321 g/mol. The van der Waals surface area contributed by atoms with E-state index in [9.17, 15) is 23.6 Å². The Kier molecular flexibility index (Phi) is 3.75. The van der Waals surface area contributed by atoms with Crippen LogP contribution in [0, 0.1) is 10.1 Å². The molecule has 0 unspecified atom stereocenters. The molecule has 20 heavy (non-hydrogen) atoms. The van der Waals surface area contributed by atoms with Gasteiger partial charge in [0.05, 0.1) is 10.5 Å². The molecular formula is C10H15N3O5S2. The number of nitrogens with two attached hydrogens (primary N) is 1. The summed E-state index contributed by atoms with van der Waals surface area (Å²) in [7, 11) is -3.79. The lowest BCUT2D eigenvalue weighted by atomic mass is 9.95. The standard InChI is InChI=1S/C10H15N3O5S2/c1-10(14)2-4-12(5-3-10)20(17,18)8-6-7(13(15)16)9(11)19-8/h6,14H,2-5,11H2,1H3. The second kappa shape index (κ2) is 4.95. The van der Waals surface area contributed by atoms with Gasteiger partial charge in [-0.05, 0) is 19.8 Å². The molecule has 2 rings (SSSR count). The van der Waals surface area contributed by atoms with Gasteiger partial charge < -0.3 is 10.8 Å². The van der Waals surface area contributed by atoms with Crippen LogP contribution in [-0.4, -0.2) is 41.4 Å². The topological polar surface area (TPSA) is 127 Å². The molecule has 0 atom stereocenters. The van der Waals surface area contributed by atoms with Gasteiger partial charge >= 0.3 is 5.69 Å². The first-order chi connectivity index (χ1) is 9.13. The Morgan fingerprint density at radius 2 is 2.05 bits per heavy atom. The van der Waals surface area contributed by atoms with Crippen molar-refractivity contribution in [2.45, 2.75) is 29.6 Å². The number of nitrogen functional groups attached to an aromatic ring is 1. The van der Waals surface area contributed by atoms with Crippen molar-refractivity contribution in [1.29, 1.82) is 0 Å². The van der Waals surface area contributed by atoms with E-state index in [1.165, 1.54) is 4.31 Å². The van der Waals surface area contributed by atoms with E-state index >= 15 is 0 Å². The number of hydrogen-bond acceptors (Lipinski definition) is 7. The zero-order valence-electron chi connectivity index (χ0n) is 10.8. The average Bonchev–Trinajstić information content (AvgIpc) is 2.71. The molecular weight excluding hydrogens is 306 g/mol. The van der Waals surface area contributed by atoms with E-state index in [-0.39, 0.29) is 22.3 Å². The molecule has 0 bridgehead atoms. The van der Waals surface area contributed by atoms with Crippen molar-refractivity contribution in [3.63, 3.8) is 0 Å². The van der Waals surface area contributed by atoms with E-state index in [0.717, 1.165) is 6.07 Å². The lowest BCUT2D eigenvalue weighted by Gasteiger charge is -2.34. The second-order valence-corrected chi connectivity index (χ2v) is 8.22. The van der Waals surface area contributed by atoms with E-state index in [2.05, 4.69) is 0 Å². The first-order valence-electron chi connectivity index (χ1n) is 5.90. The number of piperidine rings is 1. The molecule has 3 N–H and O–H groups in total. The highest BCUT2D eigenvalue weighted by Gasteiger charge is 2.36. The summed E-state index contributed by atoms with van der Waals surface area (Å²) in [5, 5.41) is 20.4. The molecule has 1 fully saturated rings. The first-order valence-corrected chi connectivity index (χ1v) is 8.15. The normalized spacial score (nSPS) is 19.9. The minimum Gasteiger partial charge on any atom is -0.390 e. The molecule has 1 saturated heterocycles. The summed E-state index contributed by atoms with van der Waals surface area (Å²) in [6.07, 6.45) is 0.657. The quantitative estimate of drug-likeness (QED) is 0.625. The number of hydrogen-bond donors (Lipinski definition) is 2. The van der Waals surface area contributed by atoms with Gasteiger partial charge in [0.1, 0.15) is 4.21 Å². The number of rotatable bonds is 3. The third kappa shape index (κ3) is 2.77. The Hall–Kier alpha value is -1.23. The summed E-state index contributed by atoms with van der Waals surface area (Å²) in [5.41, 5.74) is 4.21. The molecule has 1 aromatic heterocycles. The molecule has 0 saturated carbocycles. The van der Waals surface area contributed by atoms with Crippen LogP contribution in [0.2, 0.25) is 0 Å². The third-order valence-corrected chi connectivity index (χ3v) is 6.61. The lowest BCUT2D eigenvalue weighted by Crippen LogP contribution is -2.44. The van der Waals surface area contributed by atoms with Crippen LogP contribution in [0.1, 0.15) is 19.8 Å². The summed E-state index contributed by atoms with van der Waals surface area (Å²) in [4.78, 5) is 10.0. The summed E-state index contributed by atoms with van der Waals surface area (Å²) < 4.78 is 25.8. The largest absolute Gasteiger partial charge is 0.390 e. The Morgan fingerprint density at radius 3 is 2.50 bits per heavy atom. The summed E-state index contributed by atoms with van der Waals surface area (Å²) >= 11 is 0.687. The molecule has 10 heteroatoms. The Balaban J connectivity index is 2.27. The van der Waals surface area contributed by atoms with Crippen LogP contribution >= 0.6 is 11.3 Å². The van der Waals surface area contributed by atoms with Crippen LogP contribution in [0.4, 0.5) is 10.7 Å². The highest BCUT2D eigenvalue weighted by atomic mass is 32.2. The van der Waals surface area contributed by atoms with Crippen molar-refractivity contribution in [2.24, 2.45) is 0 Å². The summed E-state index contributed by atoms with van der Waals surface area (Å²) in [6, 6.07) is 0.988. The predicted molar refractivity (Wildman–Crippen MR) is 74.0 cm³/mol. The number of nitrogens with zero attached hydrogens (tertiary/aromatic N) is 2. The van der Waals surface area contributed by atoms with Crippen LogP contribution in [-0.2, 0) is 10.0 Å². The minimum atomic E-state index is -3.79. The minimum absolute atomic E-state index is 0.127. The van der Waals surface area contributed by atoms with Gasteiger partial charge in [0, 0.05) is 19.2 Å². The van der Waals surface area contributed by atoms with Gasteiger partial charge in [0.15, 0.2) is 5.00 Å². The van der Waals surface area contributed by atoms with Crippen molar-refractivity contribution >= 4 is 32.0 Å². The molecule has 112 valence electrons. The van der Waals surface area contributed by atoms with E-state index < -0.39 is 26.2 Å². The second-order valence-electron chi connectivity index (χ2n) is 4.97. The van der Waals surface area contributed by atoms with Crippen LogP contribution < -0.4 is 5.73 Å².